The molecule has 1 aromatic heterocycles. The van der Waals surface area contributed by atoms with Crippen molar-refractivity contribution in [3.05, 3.63) is 23.5 Å². The molecule has 13 heavy (non-hydrogen) atoms. The fraction of sp³-hybridized carbons (Fsp3) is 0.545. The average Bonchev–Trinajstić information content (AvgIpc) is 1.99. The molecule has 1 aliphatic rings. The molecule has 0 amide bonds. The van der Waals surface area contributed by atoms with Crippen molar-refractivity contribution in [2.45, 2.75) is 39.2 Å². The fourth-order valence-corrected chi connectivity index (χ4v) is 1.61. The first-order valence-corrected chi connectivity index (χ1v) is 4.96. The van der Waals surface area contributed by atoms with E-state index in [-0.39, 0.29) is 0 Å². The van der Waals surface area contributed by atoms with Crippen molar-refractivity contribution in [2.24, 2.45) is 0 Å². The molecule has 1 heterocycles. The van der Waals surface area contributed by atoms with E-state index >= 15 is 0 Å². The lowest BCUT2D eigenvalue weighted by atomic mass is 9.93. The molecule has 0 bridgehead atoms. The predicted octanol–water partition coefficient (Wildman–Crippen LogP) is 2.66. The van der Waals surface area contributed by atoms with Gasteiger partial charge in [0.1, 0.15) is 0 Å². The monoisotopic (exact) mass is 176 g/mol. The topological polar surface area (TPSA) is 24.9 Å². The molecule has 0 saturated heterocycles. The van der Waals surface area contributed by atoms with E-state index in [0.717, 1.165) is 11.4 Å². The van der Waals surface area contributed by atoms with Gasteiger partial charge in [0.2, 0.25) is 0 Å². The normalized spacial score (nSPS) is 16.8. The smallest absolute Gasteiger partial charge is 0.0606 e. The second kappa shape index (κ2) is 3.36. The van der Waals surface area contributed by atoms with Crippen molar-refractivity contribution in [3.8, 4) is 0 Å². The van der Waals surface area contributed by atoms with Gasteiger partial charge in [0, 0.05) is 11.7 Å². The highest BCUT2D eigenvalue weighted by Gasteiger charge is 2.17. The highest BCUT2D eigenvalue weighted by Crippen LogP contribution is 2.24. The van der Waals surface area contributed by atoms with Crippen molar-refractivity contribution >= 4 is 5.69 Å². The van der Waals surface area contributed by atoms with Gasteiger partial charge in [-0.1, -0.05) is 0 Å². The zero-order valence-electron chi connectivity index (χ0n) is 8.30. The second-order valence-electron chi connectivity index (χ2n) is 3.86. The predicted molar refractivity (Wildman–Crippen MR) is 55.0 cm³/mol. The van der Waals surface area contributed by atoms with E-state index in [1.54, 1.807) is 0 Å². The van der Waals surface area contributed by atoms with Crippen LogP contribution in [0.3, 0.4) is 0 Å². The third-order valence-corrected chi connectivity index (χ3v) is 2.69. The van der Waals surface area contributed by atoms with E-state index in [1.165, 1.54) is 24.9 Å². The van der Waals surface area contributed by atoms with Crippen LogP contribution in [0.15, 0.2) is 12.1 Å². The summed E-state index contributed by atoms with van der Waals surface area (Å²) in [7, 11) is 0. The van der Waals surface area contributed by atoms with Crippen LogP contribution in [0.4, 0.5) is 5.69 Å². The highest BCUT2D eigenvalue weighted by atomic mass is 14.9. The molecule has 0 aliphatic heterocycles. The number of nitrogens with one attached hydrogen (secondary N) is 1. The molecule has 2 heteroatoms. The Morgan fingerprint density at radius 1 is 1.31 bits per heavy atom. The molecule has 0 unspecified atom stereocenters. The first-order valence-electron chi connectivity index (χ1n) is 4.96. The summed E-state index contributed by atoms with van der Waals surface area (Å²) in [5.41, 5.74) is 3.42. The van der Waals surface area contributed by atoms with E-state index in [1.807, 2.05) is 6.92 Å². The van der Waals surface area contributed by atoms with Crippen LogP contribution in [-0.4, -0.2) is 11.0 Å². The summed E-state index contributed by atoms with van der Waals surface area (Å²) >= 11 is 0. The number of anilines is 1. The maximum atomic E-state index is 4.42. The van der Waals surface area contributed by atoms with E-state index in [9.17, 15) is 0 Å². The Labute approximate surface area is 79.4 Å². The van der Waals surface area contributed by atoms with E-state index in [0.29, 0.717) is 6.04 Å². The Balaban J connectivity index is 2.10. The number of aryl methyl sites for hydroxylation is 2. The van der Waals surface area contributed by atoms with Crippen LogP contribution < -0.4 is 5.32 Å². The molecule has 2 rings (SSSR count). The standard InChI is InChI=1S/C11H16N2/c1-8-6-7-11(9(2)12-8)13-10-4-3-5-10/h6-7,10,13H,3-5H2,1-2H3. The largest absolute Gasteiger partial charge is 0.381 e. The number of hydrogen-bond donors (Lipinski definition) is 1. The van der Waals surface area contributed by atoms with E-state index < -0.39 is 0 Å². The lowest BCUT2D eigenvalue weighted by molar-refractivity contribution is 0.445. The molecule has 1 aromatic rings. The Bertz CT molecular complexity index is 303. The molecule has 1 N–H and O–H groups in total. The van der Waals surface area contributed by atoms with Gasteiger partial charge in [-0.05, 0) is 45.2 Å². The third kappa shape index (κ3) is 1.82. The van der Waals surface area contributed by atoms with Crippen molar-refractivity contribution in [2.75, 3.05) is 5.32 Å². The van der Waals surface area contributed by atoms with Crippen molar-refractivity contribution < 1.29 is 0 Å². The summed E-state index contributed by atoms with van der Waals surface area (Å²) in [6.45, 7) is 4.09. The van der Waals surface area contributed by atoms with Gasteiger partial charge in [-0.15, -0.1) is 0 Å². The molecule has 1 aliphatic carbocycles. The number of pyridine rings is 1. The second-order valence-corrected chi connectivity index (χ2v) is 3.86. The zero-order valence-corrected chi connectivity index (χ0v) is 8.30. The van der Waals surface area contributed by atoms with Gasteiger partial charge >= 0.3 is 0 Å². The number of rotatable bonds is 2. The minimum Gasteiger partial charge on any atom is -0.381 e. The SMILES string of the molecule is Cc1ccc(NC2CCC2)c(C)n1. The molecule has 1 fully saturated rings. The summed E-state index contributed by atoms with van der Waals surface area (Å²) in [6.07, 6.45) is 4.00. The number of aromatic nitrogens is 1. The summed E-state index contributed by atoms with van der Waals surface area (Å²) in [5.74, 6) is 0. The molecule has 70 valence electrons. The van der Waals surface area contributed by atoms with Gasteiger partial charge in [0.25, 0.3) is 0 Å². The van der Waals surface area contributed by atoms with Crippen LogP contribution in [0.5, 0.6) is 0 Å². The maximum absolute atomic E-state index is 4.42. The molecule has 0 aromatic carbocycles. The fourth-order valence-electron chi connectivity index (χ4n) is 1.61. The summed E-state index contributed by atoms with van der Waals surface area (Å²) in [6, 6.07) is 4.90. The quantitative estimate of drug-likeness (QED) is 0.749. The van der Waals surface area contributed by atoms with Gasteiger partial charge < -0.3 is 5.32 Å². The highest BCUT2D eigenvalue weighted by molar-refractivity contribution is 5.48. The van der Waals surface area contributed by atoms with Crippen molar-refractivity contribution in [1.29, 1.82) is 0 Å². The van der Waals surface area contributed by atoms with Crippen LogP contribution in [-0.2, 0) is 0 Å². The van der Waals surface area contributed by atoms with Gasteiger partial charge in [-0.3, -0.25) is 4.98 Å². The number of hydrogen-bond acceptors (Lipinski definition) is 2. The molecular formula is C11H16N2. The minimum absolute atomic E-state index is 0.697. The van der Waals surface area contributed by atoms with Crippen LogP contribution in [0, 0.1) is 13.8 Å². The Morgan fingerprint density at radius 3 is 2.62 bits per heavy atom. The van der Waals surface area contributed by atoms with E-state index in [4.69, 9.17) is 0 Å². The van der Waals surface area contributed by atoms with Crippen LogP contribution in [0.25, 0.3) is 0 Å². The average molecular weight is 176 g/mol. The number of nitrogens with zero attached hydrogens (tertiary/aromatic N) is 1. The van der Waals surface area contributed by atoms with Gasteiger partial charge in [-0.25, -0.2) is 0 Å². The van der Waals surface area contributed by atoms with Crippen molar-refractivity contribution in [3.63, 3.8) is 0 Å². The summed E-state index contributed by atoms with van der Waals surface area (Å²) < 4.78 is 0. The summed E-state index contributed by atoms with van der Waals surface area (Å²) in [4.78, 5) is 4.42. The Morgan fingerprint density at radius 2 is 2.08 bits per heavy atom. The third-order valence-electron chi connectivity index (χ3n) is 2.69. The zero-order chi connectivity index (χ0) is 9.26. The summed E-state index contributed by atoms with van der Waals surface area (Å²) in [5, 5.41) is 3.51. The van der Waals surface area contributed by atoms with Crippen molar-refractivity contribution in [1.82, 2.24) is 4.98 Å². The maximum Gasteiger partial charge on any atom is 0.0606 e. The van der Waals surface area contributed by atoms with Crippen LogP contribution >= 0.6 is 0 Å². The molecule has 0 atom stereocenters. The first-order chi connectivity index (χ1) is 6.25. The Hall–Kier alpha value is -1.05. The van der Waals surface area contributed by atoms with E-state index in [2.05, 4.69) is 29.4 Å². The molecule has 0 radical (unpaired) electrons. The lowest BCUT2D eigenvalue weighted by Gasteiger charge is -2.28. The molecule has 2 nitrogen and oxygen atoms in total. The Kier molecular flexibility index (Phi) is 2.21. The van der Waals surface area contributed by atoms with Gasteiger partial charge in [0.15, 0.2) is 0 Å². The molecular weight excluding hydrogens is 160 g/mol. The lowest BCUT2D eigenvalue weighted by Crippen LogP contribution is -2.27. The molecule has 0 spiro atoms. The van der Waals surface area contributed by atoms with Crippen LogP contribution in [0.1, 0.15) is 30.7 Å². The molecule has 1 saturated carbocycles. The first kappa shape index (κ1) is 8.54. The minimum atomic E-state index is 0.697. The van der Waals surface area contributed by atoms with Gasteiger partial charge in [0.05, 0.1) is 11.4 Å². The van der Waals surface area contributed by atoms with Crippen LogP contribution in [0.2, 0.25) is 0 Å². The van der Waals surface area contributed by atoms with Gasteiger partial charge in [-0.2, -0.15) is 0 Å².